The number of hydrogen-bond acceptors (Lipinski definition) is 4. The molecule has 118 valence electrons. The van der Waals surface area contributed by atoms with Crippen molar-refractivity contribution in [2.24, 2.45) is 0 Å². The Morgan fingerprint density at radius 2 is 1.75 bits per heavy atom. The minimum absolute atomic E-state index is 0.551. The molecule has 1 aromatic carbocycles. The van der Waals surface area contributed by atoms with E-state index in [0.29, 0.717) is 5.95 Å². The van der Waals surface area contributed by atoms with Crippen LogP contribution in [0, 0.1) is 0 Å². The first kappa shape index (κ1) is 14.7. The highest BCUT2D eigenvalue weighted by atomic mass is 32.2. The Balaban J connectivity index is 1.82. The van der Waals surface area contributed by atoms with E-state index in [0.717, 1.165) is 26.9 Å². The van der Waals surface area contributed by atoms with Gasteiger partial charge in [-0.2, -0.15) is 0 Å². The van der Waals surface area contributed by atoms with Crippen molar-refractivity contribution in [1.29, 1.82) is 0 Å². The fraction of sp³-hybridized carbons (Fsp3) is 0.0556. The molecule has 0 amide bonds. The minimum Gasteiger partial charge on any atom is -0.284 e. The summed E-state index contributed by atoms with van der Waals surface area (Å²) in [6.07, 6.45) is 10.6. The maximum atomic E-state index is 12.0. The molecule has 0 aliphatic carbocycles. The number of pyridine rings is 1. The average molecular weight is 334 g/mol. The van der Waals surface area contributed by atoms with Crippen LogP contribution in [0.5, 0.6) is 0 Å². The fourth-order valence-electron chi connectivity index (χ4n) is 2.67. The first-order valence-electron chi connectivity index (χ1n) is 7.40. The van der Waals surface area contributed by atoms with Gasteiger partial charge in [0.1, 0.15) is 0 Å². The molecule has 5 nitrogen and oxygen atoms in total. The van der Waals surface area contributed by atoms with Crippen molar-refractivity contribution in [3.63, 3.8) is 0 Å². The molecule has 0 fully saturated rings. The Kier molecular flexibility index (Phi) is 3.66. The van der Waals surface area contributed by atoms with Crippen LogP contribution in [-0.2, 0) is 10.8 Å². The van der Waals surface area contributed by atoms with E-state index >= 15 is 0 Å². The van der Waals surface area contributed by atoms with Gasteiger partial charge in [0.05, 0.1) is 21.2 Å². The molecule has 0 aliphatic heterocycles. The van der Waals surface area contributed by atoms with Gasteiger partial charge in [-0.1, -0.05) is 24.3 Å². The zero-order valence-electron chi connectivity index (χ0n) is 13.0. The molecule has 4 aromatic rings. The maximum absolute atomic E-state index is 12.0. The fourth-order valence-corrected chi connectivity index (χ4v) is 3.41. The summed E-state index contributed by atoms with van der Waals surface area (Å²) in [5, 5.41) is 0.957. The normalized spacial score (nSPS) is 12.4. The largest absolute Gasteiger partial charge is 0.284 e. The van der Waals surface area contributed by atoms with Crippen LogP contribution in [0.15, 0.2) is 72.3 Å². The van der Waals surface area contributed by atoms with Crippen LogP contribution < -0.4 is 0 Å². The Morgan fingerprint density at radius 1 is 0.958 bits per heavy atom. The van der Waals surface area contributed by atoms with Crippen molar-refractivity contribution in [2.45, 2.75) is 4.90 Å². The van der Waals surface area contributed by atoms with Gasteiger partial charge in [-0.15, -0.1) is 0 Å². The molecule has 0 bridgehead atoms. The van der Waals surface area contributed by atoms with Crippen LogP contribution in [0.2, 0.25) is 0 Å². The van der Waals surface area contributed by atoms with E-state index in [1.54, 1.807) is 31.0 Å². The molecule has 0 spiro atoms. The zero-order chi connectivity index (χ0) is 16.5. The van der Waals surface area contributed by atoms with Crippen LogP contribution in [-0.4, -0.2) is 30.0 Å². The maximum Gasteiger partial charge on any atom is 0.234 e. The summed E-state index contributed by atoms with van der Waals surface area (Å²) >= 11 is 0. The molecule has 24 heavy (non-hydrogen) atoms. The molecule has 0 aliphatic rings. The minimum atomic E-state index is -1.08. The summed E-state index contributed by atoms with van der Waals surface area (Å²) < 4.78 is 13.9. The third kappa shape index (κ3) is 2.51. The van der Waals surface area contributed by atoms with Crippen LogP contribution in [0.4, 0.5) is 0 Å². The van der Waals surface area contributed by atoms with Crippen molar-refractivity contribution in [3.05, 3.63) is 67.4 Å². The van der Waals surface area contributed by atoms with Crippen LogP contribution in [0.1, 0.15) is 0 Å². The molecular formula is C18H14N4OS. The lowest BCUT2D eigenvalue weighted by atomic mass is 10.2. The number of para-hydroxylation sites is 1. The molecule has 0 N–H and O–H groups in total. The number of hydrogen-bond donors (Lipinski definition) is 0. The average Bonchev–Trinajstić information content (AvgIpc) is 3.03. The highest BCUT2D eigenvalue weighted by Gasteiger charge is 2.13. The second kappa shape index (κ2) is 5.98. The Hall–Kier alpha value is -2.86. The predicted octanol–water partition coefficient (Wildman–Crippen LogP) is 3.22. The van der Waals surface area contributed by atoms with Crippen LogP contribution in [0.25, 0.3) is 28.0 Å². The molecule has 6 heteroatoms. The topological polar surface area (TPSA) is 60.7 Å². The third-order valence-corrected chi connectivity index (χ3v) is 4.78. The van der Waals surface area contributed by atoms with E-state index in [2.05, 4.69) is 15.0 Å². The predicted molar refractivity (Wildman–Crippen MR) is 94.4 cm³/mol. The first-order chi connectivity index (χ1) is 11.7. The van der Waals surface area contributed by atoms with Crippen LogP contribution >= 0.6 is 0 Å². The summed E-state index contributed by atoms with van der Waals surface area (Å²) in [4.78, 5) is 13.8. The second-order valence-electron chi connectivity index (χ2n) is 5.35. The van der Waals surface area contributed by atoms with Gasteiger partial charge in [0.25, 0.3) is 0 Å². The lowest BCUT2D eigenvalue weighted by Crippen LogP contribution is -1.99. The number of rotatable bonds is 3. The van der Waals surface area contributed by atoms with Gasteiger partial charge >= 0.3 is 0 Å². The molecular weight excluding hydrogens is 320 g/mol. The Morgan fingerprint density at radius 3 is 2.46 bits per heavy atom. The molecule has 1 unspecified atom stereocenters. The van der Waals surface area contributed by atoms with E-state index < -0.39 is 10.8 Å². The SMILES string of the molecule is CS(=O)c1cn(-c2ncc(-c3cccnc3)cn2)c2ccccc12. The van der Waals surface area contributed by atoms with Crippen LogP contribution in [0.3, 0.4) is 0 Å². The number of benzene rings is 1. The summed E-state index contributed by atoms with van der Waals surface area (Å²) in [5.41, 5.74) is 2.82. The van der Waals surface area contributed by atoms with Gasteiger partial charge in [-0.05, 0) is 12.1 Å². The van der Waals surface area contributed by atoms with Crippen molar-refractivity contribution in [2.75, 3.05) is 6.26 Å². The highest BCUT2D eigenvalue weighted by molar-refractivity contribution is 7.84. The van der Waals surface area contributed by atoms with E-state index in [-0.39, 0.29) is 0 Å². The summed E-state index contributed by atoms with van der Waals surface area (Å²) in [6, 6.07) is 11.7. The molecule has 4 rings (SSSR count). The molecule has 3 aromatic heterocycles. The van der Waals surface area contributed by atoms with Gasteiger partial charge < -0.3 is 0 Å². The number of aromatic nitrogens is 4. The summed E-state index contributed by atoms with van der Waals surface area (Å²) in [7, 11) is -1.08. The molecule has 0 radical (unpaired) electrons. The van der Waals surface area contributed by atoms with Crippen molar-refractivity contribution in [1.82, 2.24) is 19.5 Å². The van der Waals surface area contributed by atoms with Crippen molar-refractivity contribution >= 4 is 21.7 Å². The van der Waals surface area contributed by atoms with Gasteiger partial charge in [0.15, 0.2) is 0 Å². The monoisotopic (exact) mass is 334 g/mol. The van der Waals surface area contributed by atoms with E-state index in [1.807, 2.05) is 47.2 Å². The Bertz CT molecular complexity index is 1030. The molecule has 3 heterocycles. The molecule has 0 saturated heterocycles. The van der Waals surface area contributed by atoms with Crippen molar-refractivity contribution in [3.8, 4) is 17.1 Å². The summed E-state index contributed by atoms with van der Waals surface area (Å²) in [6.45, 7) is 0. The van der Waals surface area contributed by atoms with Crippen molar-refractivity contribution < 1.29 is 4.21 Å². The van der Waals surface area contributed by atoms with E-state index in [4.69, 9.17) is 0 Å². The second-order valence-corrected chi connectivity index (χ2v) is 6.70. The lowest BCUT2D eigenvalue weighted by Gasteiger charge is -2.04. The quantitative estimate of drug-likeness (QED) is 0.577. The zero-order valence-corrected chi connectivity index (χ0v) is 13.8. The van der Waals surface area contributed by atoms with Gasteiger partial charge in [0, 0.05) is 53.8 Å². The van der Waals surface area contributed by atoms with Gasteiger partial charge in [0.2, 0.25) is 5.95 Å². The van der Waals surface area contributed by atoms with E-state index in [1.165, 1.54) is 0 Å². The van der Waals surface area contributed by atoms with Gasteiger partial charge in [-0.25, -0.2) is 9.97 Å². The Labute approximate surface area is 141 Å². The molecule has 1 atom stereocenters. The highest BCUT2D eigenvalue weighted by Crippen LogP contribution is 2.26. The lowest BCUT2D eigenvalue weighted by molar-refractivity contribution is 0.687. The van der Waals surface area contributed by atoms with E-state index in [9.17, 15) is 4.21 Å². The molecule has 0 saturated carbocycles. The number of fused-ring (bicyclic) bond motifs is 1. The number of nitrogens with zero attached hydrogens (tertiary/aromatic N) is 4. The third-order valence-electron chi connectivity index (χ3n) is 3.83. The standard InChI is InChI=1S/C18H14N4OS/c1-24(23)17-12-22(16-7-3-2-6-15(16)17)18-20-10-14(11-21-18)13-5-4-8-19-9-13/h2-12H,1H3. The van der Waals surface area contributed by atoms with Gasteiger partial charge in [-0.3, -0.25) is 13.8 Å². The first-order valence-corrected chi connectivity index (χ1v) is 8.96. The summed E-state index contributed by atoms with van der Waals surface area (Å²) in [5.74, 6) is 0.551. The smallest absolute Gasteiger partial charge is 0.234 e.